The lowest BCUT2D eigenvalue weighted by Gasteiger charge is -2.35. The monoisotopic (exact) mass is 920 g/mol. The molecular weight excluding hydrogens is 859 g/mol. The van der Waals surface area contributed by atoms with Crippen molar-refractivity contribution in [3.8, 4) is 0 Å². The second-order valence-electron chi connectivity index (χ2n) is 17.2. The molecule has 5 saturated heterocycles. The quantitative estimate of drug-likeness (QED) is 0.0594. The predicted molar refractivity (Wildman–Crippen MR) is 223 cm³/mol. The van der Waals surface area contributed by atoms with Crippen LogP contribution in [0.2, 0.25) is 0 Å². The van der Waals surface area contributed by atoms with Crippen LogP contribution in [0.3, 0.4) is 0 Å². The molecule has 0 aliphatic carbocycles. The van der Waals surface area contributed by atoms with Gasteiger partial charge in [0.05, 0.1) is 45.2 Å². The van der Waals surface area contributed by atoms with E-state index in [0.717, 1.165) is 0 Å². The van der Waals surface area contributed by atoms with Gasteiger partial charge in [-0.1, -0.05) is 13.8 Å². The number of nitrogens with zero attached hydrogens (tertiary/aromatic N) is 5. The van der Waals surface area contributed by atoms with Crippen LogP contribution >= 0.6 is 0 Å². The van der Waals surface area contributed by atoms with Crippen LogP contribution in [-0.2, 0) is 62.2 Å². The lowest BCUT2D eigenvalue weighted by Crippen LogP contribution is -2.57. The Morgan fingerprint density at radius 2 is 1.22 bits per heavy atom. The van der Waals surface area contributed by atoms with E-state index >= 15 is 0 Å². The summed E-state index contributed by atoms with van der Waals surface area (Å²) >= 11 is 0. The molecular formula is C39H61BN10O15. The van der Waals surface area contributed by atoms with E-state index in [4.69, 9.17) is 14.2 Å². The Kier molecular flexibility index (Phi) is 18.1. The van der Waals surface area contributed by atoms with Gasteiger partial charge in [0.1, 0.15) is 24.5 Å². The zero-order valence-corrected chi connectivity index (χ0v) is 37.0. The molecule has 5 rings (SSSR count). The Morgan fingerprint density at radius 1 is 0.692 bits per heavy atom. The molecule has 0 aromatic carbocycles. The number of fused-ring (bicyclic) bond motifs is 12. The summed E-state index contributed by atoms with van der Waals surface area (Å²) in [5.74, 6) is -11.1. The maximum Gasteiger partial charge on any atom is 0.475 e. The molecule has 5 bridgehead atoms. The summed E-state index contributed by atoms with van der Waals surface area (Å²) in [5.41, 5.74) is 0. The van der Waals surface area contributed by atoms with Gasteiger partial charge < -0.3 is 55.7 Å². The number of carbonyl (C=O) groups is 10. The number of nitrogens with one attached hydrogen (secondary N) is 5. The first-order valence-electron chi connectivity index (χ1n) is 22.0. The van der Waals surface area contributed by atoms with Gasteiger partial charge in [0.25, 0.3) is 0 Å². The summed E-state index contributed by atoms with van der Waals surface area (Å²) in [6.07, 6.45) is -0.183. The number of carbonyl (C=O) groups excluding carboxylic acids is 10. The van der Waals surface area contributed by atoms with Crippen LogP contribution in [-0.4, -0.2) is 229 Å². The highest BCUT2D eigenvalue weighted by Crippen LogP contribution is 2.27. The summed E-state index contributed by atoms with van der Waals surface area (Å²) in [7, 11) is -1.72. The zero-order chi connectivity index (χ0) is 47.4. The molecule has 0 saturated carbocycles. The van der Waals surface area contributed by atoms with Crippen LogP contribution in [0.1, 0.15) is 52.9 Å². The molecule has 0 aromatic rings. The standard InChI is InChI=1S/C39H61BN10O15/c1-24(2)35(36(58)44-25(3)37(59)50-8-4-5-28(50)40(61)62)45-32(55)20-43-31(54)19-42-30(53)18-41-29(52)7-6-27-38(60)65-39-17-26(51)21-46-9-11-47(22-33(56)63-39)13-15-49(27)16-14-48(12-10-46)23-34(57)64-39/h24-25,27-28,35,61-62H,4-23H2,1-3H3,(H,41,52)(H,42,53)(H,43,54)(H,44,58)(H,45,55)/t25-,27-,28+,35+/m1/s1. The largest absolute Gasteiger partial charge is 0.475 e. The van der Waals surface area contributed by atoms with Crippen LogP contribution in [0.15, 0.2) is 0 Å². The summed E-state index contributed by atoms with van der Waals surface area (Å²) < 4.78 is 16.8. The first-order chi connectivity index (χ1) is 30.8. The van der Waals surface area contributed by atoms with Gasteiger partial charge in [-0.25, -0.2) is 0 Å². The molecule has 25 nitrogen and oxygen atoms in total. The lowest BCUT2D eigenvalue weighted by molar-refractivity contribution is -0.329. The number of Topliss-reactive ketones (excluding diaryl/α,β-unsaturated/α-hetero) is 1. The lowest BCUT2D eigenvalue weighted by atomic mass is 9.78. The molecule has 7 N–H and O–H groups in total. The number of hydrogen-bond acceptors (Lipinski definition) is 19. The van der Waals surface area contributed by atoms with Crippen LogP contribution in [0.4, 0.5) is 0 Å². The SMILES string of the molecule is CC(C)[C@H](NC(=O)CNC(=O)CNC(=O)CNC(=O)CC[C@@H]1C(=O)OC23CC(=O)CN4CCN(CCN1CCN(CC4)CC(=O)O2)CC(=O)O3)C(=O)N[C@H](C)C(=O)N1CCC[C@H]1B(O)O. The molecule has 360 valence electrons. The van der Waals surface area contributed by atoms with Crippen molar-refractivity contribution in [1.82, 2.24) is 51.1 Å². The van der Waals surface area contributed by atoms with Gasteiger partial charge in [-0.05, 0) is 32.1 Å². The summed E-state index contributed by atoms with van der Waals surface area (Å²) in [5, 5.41) is 31.4. The number of likely N-dealkylation sites (tertiary alicyclic amines) is 1. The summed E-state index contributed by atoms with van der Waals surface area (Å²) in [6.45, 7) is 5.75. The van der Waals surface area contributed by atoms with Gasteiger partial charge in [-0.15, -0.1) is 0 Å². The van der Waals surface area contributed by atoms with E-state index in [1.807, 2.05) is 14.7 Å². The molecule has 26 heteroatoms. The predicted octanol–water partition coefficient (Wildman–Crippen LogP) is -6.36. The fourth-order valence-corrected chi connectivity index (χ4v) is 8.27. The van der Waals surface area contributed by atoms with E-state index in [1.54, 1.807) is 18.7 Å². The van der Waals surface area contributed by atoms with Crippen molar-refractivity contribution >= 4 is 66.3 Å². The van der Waals surface area contributed by atoms with E-state index in [1.165, 1.54) is 11.8 Å². The Bertz CT molecular complexity index is 1770. The second kappa shape index (κ2) is 23.3. The van der Waals surface area contributed by atoms with Crippen molar-refractivity contribution in [2.45, 2.75) is 82.9 Å². The molecule has 0 radical (unpaired) electrons. The molecule has 5 heterocycles. The van der Waals surface area contributed by atoms with Crippen LogP contribution in [0.5, 0.6) is 0 Å². The van der Waals surface area contributed by atoms with E-state index in [9.17, 15) is 58.0 Å². The Hall–Kier alpha value is -5.28. The first-order valence-corrected chi connectivity index (χ1v) is 22.0. The third-order valence-electron chi connectivity index (χ3n) is 11.8. The number of ketones is 1. The number of ether oxygens (including phenoxy) is 3. The highest BCUT2D eigenvalue weighted by Gasteiger charge is 2.49. The smallest absolute Gasteiger partial charge is 0.426 e. The van der Waals surface area contributed by atoms with Crippen molar-refractivity contribution in [1.29, 1.82) is 0 Å². The molecule has 65 heavy (non-hydrogen) atoms. The highest BCUT2D eigenvalue weighted by atomic mass is 16.9. The minimum Gasteiger partial charge on any atom is -0.426 e. The van der Waals surface area contributed by atoms with Crippen LogP contribution < -0.4 is 26.6 Å². The zero-order valence-electron chi connectivity index (χ0n) is 37.0. The van der Waals surface area contributed by atoms with Crippen molar-refractivity contribution < 1.29 is 72.2 Å². The first kappa shape index (κ1) is 50.7. The number of hydrogen-bond donors (Lipinski definition) is 7. The second-order valence-corrected chi connectivity index (χ2v) is 17.2. The van der Waals surface area contributed by atoms with Gasteiger partial charge >= 0.3 is 31.0 Å². The van der Waals surface area contributed by atoms with Crippen molar-refractivity contribution in [3.63, 3.8) is 0 Å². The van der Waals surface area contributed by atoms with Gasteiger partial charge in [0.2, 0.25) is 35.4 Å². The molecule has 5 aliphatic rings. The third-order valence-corrected chi connectivity index (χ3v) is 11.8. The van der Waals surface area contributed by atoms with E-state index in [-0.39, 0.29) is 45.6 Å². The minimum absolute atomic E-state index is 0.0603. The summed E-state index contributed by atoms with van der Waals surface area (Å²) in [4.78, 5) is 139. The van der Waals surface area contributed by atoms with E-state index < -0.39 is 128 Å². The summed E-state index contributed by atoms with van der Waals surface area (Å²) in [6, 6.07) is -3.24. The van der Waals surface area contributed by atoms with Crippen molar-refractivity contribution in [3.05, 3.63) is 0 Å². The number of rotatable bonds is 15. The van der Waals surface area contributed by atoms with E-state index in [2.05, 4.69) is 26.6 Å². The van der Waals surface area contributed by atoms with Gasteiger partial charge in [-0.2, -0.15) is 0 Å². The molecule has 1 spiro atoms. The molecule has 0 aromatic heterocycles. The Balaban J connectivity index is 1.10. The fourth-order valence-electron chi connectivity index (χ4n) is 8.27. The Labute approximate surface area is 376 Å². The molecule has 2 unspecified atom stereocenters. The Morgan fingerprint density at radius 3 is 1.77 bits per heavy atom. The average molecular weight is 921 g/mol. The minimum atomic E-state index is -2.67. The van der Waals surface area contributed by atoms with E-state index in [0.29, 0.717) is 58.7 Å². The maximum absolute atomic E-state index is 14.0. The normalized spacial score (nSPS) is 28.1. The molecule has 5 fully saturated rings. The molecule has 5 aliphatic heterocycles. The molecule has 6 amide bonds. The van der Waals surface area contributed by atoms with Gasteiger partial charge in [0.15, 0.2) is 5.78 Å². The van der Waals surface area contributed by atoms with Crippen molar-refractivity contribution in [2.75, 3.05) is 98.2 Å². The van der Waals surface area contributed by atoms with Crippen LogP contribution in [0, 0.1) is 5.92 Å². The maximum atomic E-state index is 14.0. The van der Waals surface area contributed by atoms with Gasteiger partial charge in [-0.3, -0.25) is 67.5 Å². The van der Waals surface area contributed by atoms with Crippen LogP contribution in [0.25, 0.3) is 0 Å². The average Bonchev–Trinajstić information content (AvgIpc) is 3.71. The number of amides is 6. The highest BCUT2D eigenvalue weighted by molar-refractivity contribution is 6.43. The molecule has 6 atom stereocenters. The topological polar surface area (TPSA) is 315 Å². The number of esters is 3. The van der Waals surface area contributed by atoms with Gasteiger partial charge in [0, 0.05) is 65.3 Å². The van der Waals surface area contributed by atoms with Crippen molar-refractivity contribution in [2.24, 2.45) is 5.92 Å². The third kappa shape index (κ3) is 14.9. The fraction of sp³-hybridized carbons (Fsp3) is 0.744.